The van der Waals surface area contributed by atoms with Crippen molar-refractivity contribution in [1.82, 2.24) is 9.88 Å². The molecule has 0 unspecified atom stereocenters. The highest BCUT2D eigenvalue weighted by atomic mass is 19.1. The molecule has 1 heterocycles. The van der Waals surface area contributed by atoms with E-state index in [2.05, 4.69) is 24.4 Å². The molecule has 0 radical (unpaired) electrons. The predicted octanol–water partition coefficient (Wildman–Crippen LogP) is 5.95. The normalized spacial score (nSPS) is 12.2. The van der Waals surface area contributed by atoms with Gasteiger partial charge in [0.2, 0.25) is 0 Å². The zero-order valence-corrected chi connectivity index (χ0v) is 19.0. The molecule has 0 aliphatic carbocycles. The number of fused-ring (bicyclic) bond motifs is 1. The van der Waals surface area contributed by atoms with Crippen LogP contribution in [0.3, 0.4) is 0 Å². The van der Waals surface area contributed by atoms with Gasteiger partial charge in [0.15, 0.2) is 0 Å². The Morgan fingerprint density at radius 2 is 1.76 bits per heavy atom. The van der Waals surface area contributed by atoms with E-state index >= 15 is 0 Å². The summed E-state index contributed by atoms with van der Waals surface area (Å²) in [6.45, 7) is 4.96. The van der Waals surface area contributed by atoms with Crippen molar-refractivity contribution in [2.24, 2.45) is 0 Å². The molecule has 3 aromatic carbocycles. The minimum atomic E-state index is -0.959. The fourth-order valence-electron chi connectivity index (χ4n) is 4.30. The van der Waals surface area contributed by atoms with Gasteiger partial charge in [-0.25, -0.2) is 9.18 Å². The molecule has 0 amide bonds. The van der Waals surface area contributed by atoms with Crippen LogP contribution in [-0.4, -0.2) is 21.7 Å². The molecule has 0 bridgehead atoms. The first kappa shape index (κ1) is 22.7. The first-order valence-electron chi connectivity index (χ1n) is 11.3. The second-order valence-electron chi connectivity index (χ2n) is 8.67. The Balaban J connectivity index is 1.62. The number of rotatable bonds is 9. The van der Waals surface area contributed by atoms with Crippen LogP contribution in [-0.2, 0) is 19.5 Å². The third-order valence-corrected chi connectivity index (χ3v) is 6.12. The van der Waals surface area contributed by atoms with Crippen molar-refractivity contribution in [1.29, 1.82) is 0 Å². The van der Waals surface area contributed by atoms with Crippen LogP contribution < -0.4 is 5.32 Å². The Bertz CT molecular complexity index is 1250. The molecule has 0 aliphatic rings. The maximum atomic E-state index is 13.4. The molecule has 33 heavy (non-hydrogen) atoms. The first-order valence-corrected chi connectivity index (χ1v) is 11.3. The number of hydrogen-bond acceptors (Lipinski definition) is 2. The zero-order valence-electron chi connectivity index (χ0n) is 19.0. The number of aromatic carboxylic acids is 1. The number of carboxylic acid groups (broad SMARTS) is 1. The lowest BCUT2D eigenvalue weighted by Crippen LogP contribution is -2.27. The van der Waals surface area contributed by atoms with E-state index in [-0.39, 0.29) is 17.6 Å². The Morgan fingerprint density at radius 3 is 2.45 bits per heavy atom. The monoisotopic (exact) mass is 444 g/mol. The Hall–Kier alpha value is -3.44. The molecule has 0 fully saturated rings. The van der Waals surface area contributed by atoms with Crippen LogP contribution in [0, 0.1) is 12.7 Å². The van der Waals surface area contributed by atoms with E-state index in [4.69, 9.17) is 0 Å². The van der Waals surface area contributed by atoms with Crippen LogP contribution in [0.4, 0.5) is 4.39 Å². The van der Waals surface area contributed by atoms with E-state index < -0.39 is 5.97 Å². The summed E-state index contributed by atoms with van der Waals surface area (Å²) in [7, 11) is 0. The van der Waals surface area contributed by atoms with Gasteiger partial charge in [0, 0.05) is 35.6 Å². The van der Waals surface area contributed by atoms with Crippen molar-refractivity contribution in [3.63, 3.8) is 0 Å². The number of hydrogen-bond donors (Lipinski definition) is 2. The number of halogens is 1. The smallest absolute Gasteiger partial charge is 0.352 e. The van der Waals surface area contributed by atoms with Crippen LogP contribution in [0.1, 0.15) is 46.1 Å². The summed E-state index contributed by atoms with van der Waals surface area (Å²) in [4.78, 5) is 12.4. The van der Waals surface area contributed by atoms with Gasteiger partial charge in [0.1, 0.15) is 11.5 Å². The highest BCUT2D eigenvalue weighted by Crippen LogP contribution is 2.29. The van der Waals surface area contributed by atoms with E-state index in [1.807, 2.05) is 47.9 Å². The first-order chi connectivity index (χ1) is 15.9. The van der Waals surface area contributed by atoms with Crippen molar-refractivity contribution >= 4 is 16.9 Å². The minimum Gasteiger partial charge on any atom is -0.477 e. The van der Waals surface area contributed by atoms with Crippen LogP contribution in [0.25, 0.3) is 10.9 Å². The summed E-state index contributed by atoms with van der Waals surface area (Å²) >= 11 is 0. The molecule has 0 aliphatic heterocycles. The molecule has 4 rings (SSSR count). The van der Waals surface area contributed by atoms with E-state index in [9.17, 15) is 14.3 Å². The Morgan fingerprint density at radius 1 is 1.03 bits per heavy atom. The lowest BCUT2D eigenvalue weighted by molar-refractivity contribution is 0.0684. The van der Waals surface area contributed by atoms with Crippen LogP contribution >= 0.6 is 0 Å². The van der Waals surface area contributed by atoms with E-state index in [0.717, 1.165) is 40.4 Å². The molecule has 2 N–H and O–H groups in total. The van der Waals surface area contributed by atoms with Gasteiger partial charge in [0.25, 0.3) is 0 Å². The molecule has 0 saturated carbocycles. The fourth-order valence-corrected chi connectivity index (χ4v) is 4.30. The standard InChI is InChI=1S/C28H29FN2O2/c1-19-8-15-24-25(17-30-20(2)9-10-21-6-4-3-5-7-21)27(28(32)33)31(26(24)16-19)18-22-11-13-23(29)14-12-22/h3-8,11-16,20,30H,9-10,17-18H2,1-2H3,(H,32,33)/t20-/m0/s1. The lowest BCUT2D eigenvalue weighted by Gasteiger charge is -2.15. The topological polar surface area (TPSA) is 54.3 Å². The average Bonchev–Trinajstić information content (AvgIpc) is 3.11. The quantitative estimate of drug-likeness (QED) is 0.336. The third-order valence-electron chi connectivity index (χ3n) is 6.12. The molecule has 1 atom stereocenters. The van der Waals surface area contributed by atoms with Gasteiger partial charge in [0.05, 0.1) is 0 Å². The highest BCUT2D eigenvalue weighted by molar-refractivity contribution is 5.98. The number of benzene rings is 3. The van der Waals surface area contributed by atoms with E-state index in [1.165, 1.54) is 17.7 Å². The van der Waals surface area contributed by atoms with Crippen LogP contribution in [0.15, 0.2) is 72.8 Å². The predicted molar refractivity (Wildman–Crippen MR) is 130 cm³/mol. The van der Waals surface area contributed by atoms with Gasteiger partial charge >= 0.3 is 5.97 Å². The maximum Gasteiger partial charge on any atom is 0.352 e. The molecule has 0 saturated heterocycles. The summed E-state index contributed by atoms with van der Waals surface area (Å²) < 4.78 is 15.2. The zero-order chi connectivity index (χ0) is 23.4. The van der Waals surface area contributed by atoms with Crippen LogP contribution in [0.5, 0.6) is 0 Å². The molecule has 4 nitrogen and oxygen atoms in total. The molecule has 5 heteroatoms. The second-order valence-corrected chi connectivity index (χ2v) is 8.67. The van der Waals surface area contributed by atoms with Gasteiger partial charge in [-0.15, -0.1) is 0 Å². The lowest BCUT2D eigenvalue weighted by atomic mass is 10.1. The number of nitrogens with one attached hydrogen (secondary N) is 1. The maximum absolute atomic E-state index is 13.4. The van der Waals surface area contributed by atoms with Gasteiger partial charge < -0.3 is 15.0 Å². The summed E-state index contributed by atoms with van der Waals surface area (Å²) in [5.74, 6) is -1.26. The number of aryl methyl sites for hydroxylation is 2. The van der Waals surface area contributed by atoms with Gasteiger partial charge in [-0.05, 0) is 61.6 Å². The highest BCUT2D eigenvalue weighted by Gasteiger charge is 2.23. The number of aromatic nitrogens is 1. The van der Waals surface area contributed by atoms with E-state index in [1.54, 1.807) is 12.1 Å². The average molecular weight is 445 g/mol. The summed E-state index contributed by atoms with van der Waals surface area (Å²) in [5.41, 5.74) is 5.16. The van der Waals surface area contributed by atoms with Gasteiger partial charge in [-0.1, -0.05) is 54.6 Å². The number of carboxylic acids is 1. The second kappa shape index (κ2) is 10.0. The molecule has 1 aromatic heterocycles. The molecular formula is C28H29FN2O2. The van der Waals surface area contributed by atoms with Crippen molar-refractivity contribution in [2.45, 2.75) is 45.8 Å². The van der Waals surface area contributed by atoms with Gasteiger partial charge in [-0.2, -0.15) is 0 Å². The van der Waals surface area contributed by atoms with Crippen molar-refractivity contribution < 1.29 is 14.3 Å². The SMILES string of the molecule is Cc1ccc2c(CN[C@@H](C)CCc3ccccc3)c(C(=O)O)n(Cc3ccc(F)cc3)c2c1. The molecule has 0 spiro atoms. The van der Waals surface area contributed by atoms with E-state index in [0.29, 0.717) is 13.1 Å². The largest absolute Gasteiger partial charge is 0.477 e. The minimum absolute atomic E-state index is 0.229. The Kier molecular flexibility index (Phi) is 6.90. The fraction of sp³-hybridized carbons (Fsp3) is 0.250. The van der Waals surface area contributed by atoms with Crippen molar-refractivity contribution in [2.75, 3.05) is 0 Å². The summed E-state index contributed by atoms with van der Waals surface area (Å²) in [6, 6.07) is 22.8. The Labute approximate surface area is 193 Å². The summed E-state index contributed by atoms with van der Waals surface area (Å²) in [5, 5.41) is 14.6. The summed E-state index contributed by atoms with van der Waals surface area (Å²) in [6.07, 6.45) is 1.92. The molecule has 4 aromatic rings. The van der Waals surface area contributed by atoms with Crippen molar-refractivity contribution in [3.05, 3.63) is 107 Å². The number of nitrogens with zero attached hydrogens (tertiary/aromatic N) is 1. The third kappa shape index (κ3) is 5.32. The van der Waals surface area contributed by atoms with Crippen molar-refractivity contribution in [3.8, 4) is 0 Å². The van der Waals surface area contributed by atoms with Gasteiger partial charge in [-0.3, -0.25) is 0 Å². The molecular weight excluding hydrogens is 415 g/mol. The molecule has 170 valence electrons. The number of carbonyl (C=O) groups is 1. The van der Waals surface area contributed by atoms with Crippen LogP contribution in [0.2, 0.25) is 0 Å².